The predicted molar refractivity (Wildman–Crippen MR) is 90.2 cm³/mol. The van der Waals surface area contributed by atoms with Crippen molar-refractivity contribution in [2.24, 2.45) is 5.73 Å². The molecule has 0 spiro atoms. The van der Waals surface area contributed by atoms with Crippen LogP contribution in [0, 0.1) is 5.82 Å². The van der Waals surface area contributed by atoms with Gasteiger partial charge in [-0.1, -0.05) is 26.0 Å². The Balaban J connectivity index is 1.91. The summed E-state index contributed by atoms with van der Waals surface area (Å²) < 4.78 is 17.3. The number of aromatic nitrogens is 2. The van der Waals surface area contributed by atoms with Crippen LogP contribution in [0.1, 0.15) is 31.7 Å². The standard InChI is InChI=1S/C16H21FN4OS/c1-16(2,11-3-5-12(17)6-4-11)10-19-15-20-14(21-23-15)8-7-13(22)9-18/h3-6H,7-10,18H2,1-2H3,(H,19,20,21). The van der Waals surface area contributed by atoms with E-state index in [0.29, 0.717) is 25.2 Å². The first kappa shape index (κ1) is 17.5. The molecule has 0 amide bonds. The van der Waals surface area contributed by atoms with Gasteiger partial charge >= 0.3 is 0 Å². The van der Waals surface area contributed by atoms with Crippen LogP contribution in [-0.2, 0) is 16.6 Å². The molecule has 2 rings (SSSR count). The van der Waals surface area contributed by atoms with E-state index in [0.717, 1.165) is 10.7 Å². The van der Waals surface area contributed by atoms with Crippen molar-refractivity contribution >= 4 is 22.4 Å². The number of hydrogen-bond donors (Lipinski definition) is 2. The summed E-state index contributed by atoms with van der Waals surface area (Å²) >= 11 is 1.27. The lowest BCUT2D eigenvalue weighted by Gasteiger charge is -2.25. The summed E-state index contributed by atoms with van der Waals surface area (Å²) in [5.74, 6) is 0.420. The van der Waals surface area contributed by atoms with Crippen LogP contribution in [0.25, 0.3) is 0 Å². The highest BCUT2D eigenvalue weighted by atomic mass is 32.1. The number of aryl methyl sites for hydroxylation is 1. The van der Waals surface area contributed by atoms with Gasteiger partial charge in [-0.25, -0.2) is 9.37 Å². The minimum atomic E-state index is -0.238. The molecule has 1 aromatic heterocycles. The van der Waals surface area contributed by atoms with Crippen LogP contribution in [0.2, 0.25) is 0 Å². The Morgan fingerprint density at radius 1 is 1.35 bits per heavy atom. The normalized spacial score (nSPS) is 11.5. The molecule has 0 atom stereocenters. The number of halogens is 1. The van der Waals surface area contributed by atoms with Gasteiger partial charge in [-0.15, -0.1) is 0 Å². The Bertz CT molecular complexity index is 654. The minimum Gasteiger partial charge on any atom is -0.359 e. The van der Waals surface area contributed by atoms with Gasteiger partial charge < -0.3 is 11.1 Å². The Hall–Kier alpha value is -1.86. The third-order valence-corrected chi connectivity index (χ3v) is 4.34. The number of anilines is 1. The highest BCUT2D eigenvalue weighted by Crippen LogP contribution is 2.24. The maximum Gasteiger partial charge on any atom is 0.202 e. The molecule has 0 unspecified atom stereocenters. The van der Waals surface area contributed by atoms with Gasteiger partial charge in [-0.3, -0.25) is 4.79 Å². The van der Waals surface area contributed by atoms with Gasteiger partial charge in [0.1, 0.15) is 17.4 Å². The first-order chi connectivity index (χ1) is 10.9. The smallest absolute Gasteiger partial charge is 0.202 e. The molecule has 0 radical (unpaired) electrons. The lowest BCUT2D eigenvalue weighted by molar-refractivity contribution is -0.117. The molecule has 124 valence electrons. The summed E-state index contributed by atoms with van der Waals surface area (Å²) in [4.78, 5) is 15.6. The van der Waals surface area contributed by atoms with Gasteiger partial charge in [-0.05, 0) is 17.7 Å². The molecule has 0 saturated heterocycles. The molecule has 23 heavy (non-hydrogen) atoms. The van der Waals surface area contributed by atoms with Crippen LogP contribution in [0.5, 0.6) is 0 Å². The number of Topliss-reactive ketones (excluding diaryl/α,β-unsaturated/α-hetero) is 1. The van der Waals surface area contributed by atoms with Crippen molar-refractivity contribution in [1.29, 1.82) is 0 Å². The molecular weight excluding hydrogens is 315 g/mol. The van der Waals surface area contributed by atoms with E-state index in [1.54, 1.807) is 12.1 Å². The van der Waals surface area contributed by atoms with E-state index in [4.69, 9.17) is 5.73 Å². The van der Waals surface area contributed by atoms with E-state index in [2.05, 4.69) is 28.5 Å². The van der Waals surface area contributed by atoms with Crippen molar-refractivity contribution in [2.45, 2.75) is 32.1 Å². The number of rotatable bonds is 8. The van der Waals surface area contributed by atoms with Crippen LogP contribution in [0.4, 0.5) is 9.52 Å². The SMILES string of the molecule is CC(C)(CNc1nc(CCC(=O)CN)ns1)c1ccc(F)cc1. The number of nitrogens with one attached hydrogen (secondary N) is 1. The molecule has 1 heterocycles. The van der Waals surface area contributed by atoms with Crippen LogP contribution in [-0.4, -0.2) is 28.2 Å². The van der Waals surface area contributed by atoms with E-state index in [1.165, 1.54) is 23.7 Å². The van der Waals surface area contributed by atoms with Crippen molar-refractivity contribution in [3.63, 3.8) is 0 Å². The second kappa shape index (κ2) is 7.61. The van der Waals surface area contributed by atoms with Crippen molar-refractivity contribution in [3.05, 3.63) is 41.5 Å². The van der Waals surface area contributed by atoms with E-state index in [1.807, 2.05) is 0 Å². The monoisotopic (exact) mass is 336 g/mol. The average molecular weight is 336 g/mol. The third-order valence-electron chi connectivity index (χ3n) is 3.63. The summed E-state index contributed by atoms with van der Waals surface area (Å²) in [6.07, 6.45) is 0.878. The highest BCUT2D eigenvalue weighted by molar-refractivity contribution is 7.09. The Kier molecular flexibility index (Phi) is 5.79. The molecule has 2 aromatic rings. The molecule has 0 aliphatic heterocycles. The number of hydrogen-bond acceptors (Lipinski definition) is 6. The zero-order valence-electron chi connectivity index (χ0n) is 13.3. The fourth-order valence-electron chi connectivity index (χ4n) is 2.08. The molecule has 0 bridgehead atoms. The van der Waals surface area contributed by atoms with E-state index < -0.39 is 0 Å². The van der Waals surface area contributed by atoms with Crippen molar-refractivity contribution in [1.82, 2.24) is 9.36 Å². The summed E-state index contributed by atoms with van der Waals surface area (Å²) in [6, 6.07) is 6.52. The van der Waals surface area contributed by atoms with Gasteiger partial charge in [0.25, 0.3) is 0 Å². The molecule has 0 saturated carbocycles. The van der Waals surface area contributed by atoms with Crippen molar-refractivity contribution in [3.8, 4) is 0 Å². The second-order valence-corrected chi connectivity index (χ2v) is 6.75. The first-order valence-corrected chi connectivity index (χ1v) is 8.22. The van der Waals surface area contributed by atoms with Crippen LogP contribution >= 0.6 is 11.5 Å². The quantitative estimate of drug-likeness (QED) is 0.774. The van der Waals surface area contributed by atoms with Gasteiger partial charge in [0, 0.05) is 36.3 Å². The molecule has 0 aliphatic rings. The summed E-state index contributed by atoms with van der Waals surface area (Å²) in [6.45, 7) is 4.86. The third kappa shape index (κ3) is 5.07. The van der Waals surface area contributed by atoms with E-state index in [9.17, 15) is 9.18 Å². The number of nitrogens with zero attached hydrogens (tertiary/aromatic N) is 2. The summed E-state index contributed by atoms with van der Waals surface area (Å²) in [5, 5.41) is 3.98. The number of nitrogens with two attached hydrogens (primary N) is 1. The fourth-order valence-corrected chi connectivity index (χ4v) is 2.69. The molecular formula is C16H21FN4OS. The minimum absolute atomic E-state index is 0.00625. The largest absolute Gasteiger partial charge is 0.359 e. The van der Waals surface area contributed by atoms with Crippen LogP contribution < -0.4 is 11.1 Å². The Morgan fingerprint density at radius 3 is 2.70 bits per heavy atom. The van der Waals surface area contributed by atoms with Crippen molar-refractivity contribution < 1.29 is 9.18 Å². The predicted octanol–water partition coefficient (Wildman–Crippen LogP) is 2.53. The average Bonchev–Trinajstić information content (AvgIpc) is 2.99. The van der Waals surface area contributed by atoms with Gasteiger partial charge in [0.15, 0.2) is 0 Å². The molecule has 1 aromatic carbocycles. The molecule has 0 fully saturated rings. The number of ketones is 1. The highest BCUT2D eigenvalue weighted by Gasteiger charge is 2.21. The Labute approximate surface area is 139 Å². The fraction of sp³-hybridized carbons (Fsp3) is 0.438. The first-order valence-electron chi connectivity index (χ1n) is 7.45. The summed E-state index contributed by atoms with van der Waals surface area (Å²) in [5.41, 5.74) is 6.15. The van der Waals surface area contributed by atoms with Gasteiger partial charge in [0.05, 0.1) is 6.54 Å². The maximum absolute atomic E-state index is 13.0. The zero-order chi connectivity index (χ0) is 16.9. The van der Waals surface area contributed by atoms with Gasteiger partial charge in [-0.2, -0.15) is 4.37 Å². The van der Waals surface area contributed by atoms with Gasteiger partial charge in [0.2, 0.25) is 5.13 Å². The number of carbonyl (C=O) groups excluding carboxylic acids is 1. The number of benzene rings is 1. The number of carbonyl (C=O) groups is 1. The van der Waals surface area contributed by atoms with E-state index in [-0.39, 0.29) is 23.6 Å². The van der Waals surface area contributed by atoms with E-state index >= 15 is 0 Å². The maximum atomic E-state index is 13.0. The molecule has 5 nitrogen and oxygen atoms in total. The molecule has 7 heteroatoms. The van der Waals surface area contributed by atoms with Crippen LogP contribution in [0.15, 0.2) is 24.3 Å². The Morgan fingerprint density at radius 2 is 2.04 bits per heavy atom. The topological polar surface area (TPSA) is 80.9 Å². The van der Waals surface area contributed by atoms with Crippen molar-refractivity contribution in [2.75, 3.05) is 18.4 Å². The molecule has 3 N–H and O–H groups in total. The summed E-state index contributed by atoms with van der Waals surface area (Å²) in [7, 11) is 0. The zero-order valence-corrected chi connectivity index (χ0v) is 14.1. The lowest BCUT2D eigenvalue weighted by atomic mass is 9.85. The lowest BCUT2D eigenvalue weighted by Crippen LogP contribution is -2.27. The van der Waals surface area contributed by atoms with Crippen LogP contribution in [0.3, 0.4) is 0 Å². The second-order valence-electron chi connectivity index (χ2n) is 6.00. The molecule has 0 aliphatic carbocycles.